The van der Waals surface area contributed by atoms with E-state index in [-0.39, 0.29) is 0 Å². The van der Waals surface area contributed by atoms with E-state index in [9.17, 15) is 4.79 Å². The van der Waals surface area contributed by atoms with Crippen LogP contribution in [0.25, 0.3) is 0 Å². The number of rotatable bonds is 5. The lowest BCUT2D eigenvalue weighted by Gasteiger charge is -2.04. The van der Waals surface area contributed by atoms with Crippen LogP contribution in [0.1, 0.15) is 5.69 Å². The highest BCUT2D eigenvalue weighted by Gasteiger charge is 2.04. The van der Waals surface area contributed by atoms with Gasteiger partial charge in [0.2, 0.25) is 5.84 Å². The smallest absolute Gasteiger partial charge is 0.370 e. The number of aromatic nitrogens is 1. The second-order valence-electron chi connectivity index (χ2n) is 3.09. The van der Waals surface area contributed by atoms with Crippen molar-refractivity contribution in [1.29, 1.82) is 5.41 Å². The summed E-state index contributed by atoms with van der Waals surface area (Å²) in [4.78, 5) is 14.4. The summed E-state index contributed by atoms with van der Waals surface area (Å²) in [7, 11) is 0. The first-order valence-corrected chi connectivity index (χ1v) is 6.37. The molecule has 0 saturated carbocycles. The van der Waals surface area contributed by atoms with E-state index in [0.29, 0.717) is 23.1 Å². The summed E-state index contributed by atoms with van der Waals surface area (Å²) >= 11 is 7.50. The number of carboxylic acid groups (broad SMARTS) is 1. The SMILES string of the molecule is N=C(NCCSCc1ncccc1Cl)C(=O)O. The van der Waals surface area contributed by atoms with E-state index in [0.717, 1.165) is 5.69 Å². The Labute approximate surface area is 108 Å². The largest absolute Gasteiger partial charge is 0.475 e. The Hall–Kier alpha value is -1.27. The minimum absolute atomic E-state index is 0.431. The van der Waals surface area contributed by atoms with Gasteiger partial charge in [-0.15, -0.1) is 0 Å². The Morgan fingerprint density at radius 3 is 3.06 bits per heavy atom. The topological polar surface area (TPSA) is 86.1 Å². The van der Waals surface area contributed by atoms with Crippen molar-refractivity contribution in [3.05, 3.63) is 29.0 Å². The molecule has 0 aliphatic carbocycles. The number of pyridine rings is 1. The molecule has 0 aliphatic rings. The fraction of sp³-hybridized carbons (Fsp3) is 0.300. The third-order valence-corrected chi connectivity index (χ3v) is 3.15. The van der Waals surface area contributed by atoms with Crippen molar-refractivity contribution in [2.45, 2.75) is 5.75 Å². The number of aliphatic carboxylic acids is 1. The van der Waals surface area contributed by atoms with Crippen molar-refractivity contribution in [1.82, 2.24) is 10.3 Å². The zero-order chi connectivity index (χ0) is 12.7. The van der Waals surface area contributed by atoms with Gasteiger partial charge >= 0.3 is 5.97 Å². The number of nitrogens with zero attached hydrogens (tertiary/aromatic N) is 1. The molecular weight excluding hydrogens is 262 g/mol. The zero-order valence-electron chi connectivity index (χ0n) is 8.94. The van der Waals surface area contributed by atoms with Gasteiger partial charge in [0.05, 0.1) is 10.7 Å². The summed E-state index contributed by atoms with van der Waals surface area (Å²) < 4.78 is 0. The second-order valence-corrected chi connectivity index (χ2v) is 4.60. The molecule has 3 N–H and O–H groups in total. The van der Waals surface area contributed by atoms with Gasteiger partial charge in [-0.05, 0) is 12.1 Å². The van der Waals surface area contributed by atoms with E-state index < -0.39 is 11.8 Å². The zero-order valence-corrected chi connectivity index (χ0v) is 10.5. The molecule has 0 bridgehead atoms. The first kappa shape index (κ1) is 13.8. The van der Waals surface area contributed by atoms with Gasteiger partial charge in [-0.3, -0.25) is 10.4 Å². The minimum Gasteiger partial charge on any atom is -0.475 e. The molecule has 92 valence electrons. The Morgan fingerprint density at radius 1 is 1.65 bits per heavy atom. The summed E-state index contributed by atoms with van der Waals surface area (Å²) in [5.41, 5.74) is 0.812. The molecule has 0 unspecified atom stereocenters. The first-order valence-electron chi connectivity index (χ1n) is 4.84. The Bertz CT molecular complexity index is 414. The van der Waals surface area contributed by atoms with Crippen LogP contribution in [0.3, 0.4) is 0 Å². The predicted octanol–water partition coefficient (Wildman–Crippen LogP) is 1.62. The molecule has 17 heavy (non-hydrogen) atoms. The fourth-order valence-corrected chi connectivity index (χ4v) is 2.10. The predicted molar refractivity (Wildman–Crippen MR) is 68.8 cm³/mol. The lowest BCUT2D eigenvalue weighted by molar-refractivity contribution is -0.129. The summed E-state index contributed by atoms with van der Waals surface area (Å²) in [6.07, 6.45) is 1.68. The Balaban J connectivity index is 2.19. The van der Waals surface area contributed by atoms with Gasteiger partial charge in [-0.25, -0.2) is 4.79 Å². The standard InChI is InChI=1S/C10H12ClN3O2S/c11-7-2-1-3-13-8(7)6-17-5-4-14-9(12)10(15)16/h1-3H,4-6H2,(H2,12,14)(H,15,16). The molecule has 0 spiro atoms. The van der Waals surface area contributed by atoms with Crippen LogP contribution in [0, 0.1) is 5.41 Å². The van der Waals surface area contributed by atoms with Gasteiger partial charge in [-0.1, -0.05) is 11.6 Å². The third kappa shape index (κ3) is 5.06. The fourth-order valence-electron chi connectivity index (χ4n) is 1.02. The molecule has 0 fully saturated rings. The number of nitrogens with one attached hydrogen (secondary N) is 2. The summed E-state index contributed by atoms with van der Waals surface area (Å²) in [6, 6.07) is 3.55. The number of hydrogen-bond acceptors (Lipinski definition) is 4. The maximum Gasteiger partial charge on any atom is 0.370 e. The number of amidine groups is 1. The summed E-state index contributed by atoms with van der Waals surface area (Å²) in [6.45, 7) is 0.431. The molecule has 0 radical (unpaired) electrons. The molecule has 0 saturated heterocycles. The van der Waals surface area contributed by atoms with Crippen molar-refractivity contribution >= 4 is 35.2 Å². The normalized spacial score (nSPS) is 9.94. The molecule has 5 nitrogen and oxygen atoms in total. The van der Waals surface area contributed by atoms with E-state index in [2.05, 4.69) is 10.3 Å². The van der Waals surface area contributed by atoms with Crippen molar-refractivity contribution in [3.63, 3.8) is 0 Å². The highest BCUT2D eigenvalue weighted by Crippen LogP contribution is 2.17. The van der Waals surface area contributed by atoms with Crippen LogP contribution in [0.4, 0.5) is 0 Å². The minimum atomic E-state index is -1.25. The van der Waals surface area contributed by atoms with E-state index in [4.69, 9.17) is 22.1 Å². The lowest BCUT2D eigenvalue weighted by Crippen LogP contribution is -2.31. The van der Waals surface area contributed by atoms with E-state index >= 15 is 0 Å². The molecule has 7 heteroatoms. The van der Waals surface area contributed by atoms with Gasteiger partial charge in [0, 0.05) is 24.2 Å². The third-order valence-electron chi connectivity index (χ3n) is 1.84. The maximum atomic E-state index is 10.3. The van der Waals surface area contributed by atoms with E-state index in [1.165, 1.54) is 0 Å². The molecule has 0 atom stereocenters. The monoisotopic (exact) mass is 273 g/mol. The highest BCUT2D eigenvalue weighted by molar-refractivity contribution is 7.98. The van der Waals surface area contributed by atoms with Gasteiger partial charge in [0.25, 0.3) is 0 Å². The molecule has 0 aliphatic heterocycles. The Morgan fingerprint density at radius 2 is 2.41 bits per heavy atom. The molecule has 1 rings (SSSR count). The molecule has 1 aromatic rings. The molecular formula is C10H12ClN3O2S. The summed E-state index contributed by atoms with van der Waals surface area (Å²) in [5, 5.41) is 18.6. The number of halogens is 1. The van der Waals surface area contributed by atoms with Crippen LogP contribution in [0.15, 0.2) is 18.3 Å². The van der Waals surface area contributed by atoms with Crippen molar-refractivity contribution in [2.75, 3.05) is 12.3 Å². The average Bonchev–Trinajstić information content (AvgIpc) is 2.30. The molecule has 1 heterocycles. The number of carboxylic acids is 1. The van der Waals surface area contributed by atoms with Crippen LogP contribution < -0.4 is 5.32 Å². The number of thioether (sulfide) groups is 1. The lowest BCUT2D eigenvalue weighted by atomic mass is 10.4. The van der Waals surface area contributed by atoms with Crippen LogP contribution in [0.2, 0.25) is 5.02 Å². The van der Waals surface area contributed by atoms with Gasteiger partial charge < -0.3 is 10.4 Å². The van der Waals surface area contributed by atoms with Crippen molar-refractivity contribution < 1.29 is 9.90 Å². The van der Waals surface area contributed by atoms with Crippen molar-refractivity contribution in [3.8, 4) is 0 Å². The van der Waals surface area contributed by atoms with Gasteiger partial charge in [-0.2, -0.15) is 11.8 Å². The van der Waals surface area contributed by atoms with Crippen LogP contribution in [0.5, 0.6) is 0 Å². The van der Waals surface area contributed by atoms with Crippen molar-refractivity contribution in [2.24, 2.45) is 0 Å². The number of carbonyl (C=O) groups is 1. The Kier molecular flexibility index (Phi) is 5.79. The molecule has 0 amide bonds. The molecule has 1 aromatic heterocycles. The highest BCUT2D eigenvalue weighted by atomic mass is 35.5. The van der Waals surface area contributed by atoms with Crippen LogP contribution >= 0.6 is 23.4 Å². The van der Waals surface area contributed by atoms with E-state index in [1.54, 1.807) is 30.1 Å². The maximum absolute atomic E-state index is 10.3. The first-order chi connectivity index (χ1) is 8.11. The second kappa shape index (κ2) is 7.13. The average molecular weight is 274 g/mol. The molecule has 0 aromatic carbocycles. The van der Waals surface area contributed by atoms with Crippen LogP contribution in [-0.2, 0) is 10.5 Å². The number of hydrogen-bond donors (Lipinski definition) is 3. The van der Waals surface area contributed by atoms with E-state index in [1.807, 2.05) is 0 Å². The quantitative estimate of drug-likeness (QED) is 0.431. The van der Waals surface area contributed by atoms with Gasteiger partial charge in [0.1, 0.15) is 0 Å². The summed E-state index contributed by atoms with van der Waals surface area (Å²) in [5.74, 6) is -0.381. The van der Waals surface area contributed by atoms with Crippen LogP contribution in [-0.4, -0.2) is 34.2 Å². The van der Waals surface area contributed by atoms with Gasteiger partial charge in [0.15, 0.2) is 0 Å².